The van der Waals surface area contributed by atoms with Crippen molar-refractivity contribution in [2.24, 2.45) is 5.73 Å². The fourth-order valence-electron chi connectivity index (χ4n) is 2.09. The maximum atomic E-state index is 5.75. The Morgan fingerprint density at radius 3 is 2.81 bits per heavy atom. The Morgan fingerprint density at radius 1 is 1.38 bits per heavy atom. The molecule has 0 radical (unpaired) electrons. The van der Waals surface area contributed by atoms with Gasteiger partial charge < -0.3 is 19.9 Å². The predicted octanol–water partition coefficient (Wildman–Crippen LogP) is 1.53. The van der Waals surface area contributed by atoms with Gasteiger partial charge in [0.25, 0.3) is 0 Å². The second kappa shape index (κ2) is 4.61. The molecule has 2 N–H and O–H groups in total. The smallest absolute Gasteiger partial charge is 0.203 e. The molecule has 0 aliphatic carbocycles. The van der Waals surface area contributed by atoms with Gasteiger partial charge in [-0.25, -0.2) is 0 Å². The summed E-state index contributed by atoms with van der Waals surface area (Å²) in [5, 5.41) is 0. The number of hydrogen-bond acceptors (Lipinski definition) is 4. The van der Waals surface area contributed by atoms with Gasteiger partial charge in [0.05, 0.1) is 20.8 Å². The van der Waals surface area contributed by atoms with E-state index in [1.54, 1.807) is 14.2 Å². The Labute approximate surface area is 95.3 Å². The molecule has 0 spiro atoms. The lowest BCUT2D eigenvalue weighted by molar-refractivity contribution is 0.247. The van der Waals surface area contributed by atoms with Crippen LogP contribution >= 0.6 is 0 Å². The van der Waals surface area contributed by atoms with E-state index in [2.05, 4.69) is 0 Å². The van der Waals surface area contributed by atoms with Crippen LogP contribution in [-0.2, 0) is 0 Å². The van der Waals surface area contributed by atoms with E-state index in [4.69, 9.17) is 19.9 Å². The number of fused-ring (bicyclic) bond motifs is 1. The molecule has 0 saturated heterocycles. The maximum absolute atomic E-state index is 5.75. The van der Waals surface area contributed by atoms with Crippen molar-refractivity contribution in [1.82, 2.24) is 0 Å². The molecule has 0 amide bonds. The monoisotopic (exact) mass is 223 g/mol. The second-order valence-corrected chi connectivity index (χ2v) is 3.79. The zero-order valence-corrected chi connectivity index (χ0v) is 9.66. The lowest BCUT2D eigenvalue weighted by Gasteiger charge is -2.26. The van der Waals surface area contributed by atoms with Crippen LogP contribution in [0.2, 0.25) is 0 Å². The Balaban J connectivity index is 2.50. The fourth-order valence-corrected chi connectivity index (χ4v) is 2.09. The molecule has 1 heterocycles. The normalized spacial score (nSPS) is 18.6. The predicted molar refractivity (Wildman–Crippen MR) is 61.5 cm³/mol. The molecule has 4 heteroatoms. The molecular formula is C12H17NO3. The maximum Gasteiger partial charge on any atom is 0.203 e. The molecular weight excluding hydrogens is 206 g/mol. The van der Waals surface area contributed by atoms with Gasteiger partial charge in [0.15, 0.2) is 11.5 Å². The van der Waals surface area contributed by atoms with Crippen LogP contribution in [0.5, 0.6) is 17.2 Å². The standard InChI is InChI=1S/C12H17NO3/c1-14-10-4-3-9-8(7-13)5-6-16-11(9)12(10)15-2/h3-4,8H,5-7,13H2,1-2H3. The van der Waals surface area contributed by atoms with E-state index >= 15 is 0 Å². The molecule has 1 aliphatic heterocycles. The molecule has 16 heavy (non-hydrogen) atoms. The SMILES string of the molecule is COc1ccc2c(c1OC)OCCC2CN. The number of ether oxygens (including phenoxy) is 3. The average molecular weight is 223 g/mol. The van der Waals surface area contributed by atoms with Crippen molar-refractivity contribution in [2.75, 3.05) is 27.4 Å². The molecule has 1 aromatic carbocycles. The Kier molecular flexibility index (Phi) is 3.19. The first-order valence-electron chi connectivity index (χ1n) is 5.39. The number of methoxy groups -OCH3 is 2. The van der Waals surface area contributed by atoms with Crippen LogP contribution in [0.25, 0.3) is 0 Å². The topological polar surface area (TPSA) is 53.7 Å². The first kappa shape index (κ1) is 11.1. The van der Waals surface area contributed by atoms with Crippen molar-refractivity contribution < 1.29 is 14.2 Å². The van der Waals surface area contributed by atoms with Crippen molar-refractivity contribution in [3.63, 3.8) is 0 Å². The lowest BCUT2D eigenvalue weighted by Crippen LogP contribution is -2.21. The van der Waals surface area contributed by atoms with Crippen LogP contribution in [0.3, 0.4) is 0 Å². The number of nitrogens with two attached hydrogens (primary N) is 1. The lowest BCUT2D eigenvalue weighted by atomic mass is 9.93. The van der Waals surface area contributed by atoms with E-state index in [0.29, 0.717) is 30.6 Å². The summed E-state index contributed by atoms with van der Waals surface area (Å²) in [5.74, 6) is 2.49. The van der Waals surface area contributed by atoms with Gasteiger partial charge in [-0.2, -0.15) is 0 Å². The molecule has 1 atom stereocenters. The number of benzene rings is 1. The van der Waals surface area contributed by atoms with Crippen LogP contribution in [0.4, 0.5) is 0 Å². The quantitative estimate of drug-likeness (QED) is 0.844. The molecule has 0 fully saturated rings. The molecule has 88 valence electrons. The number of hydrogen-bond donors (Lipinski definition) is 1. The zero-order chi connectivity index (χ0) is 11.5. The fraction of sp³-hybridized carbons (Fsp3) is 0.500. The van der Waals surface area contributed by atoms with Gasteiger partial charge in [-0.05, 0) is 19.0 Å². The van der Waals surface area contributed by atoms with Crippen molar-refractivity contribution >= 4 is 0 Å². The van der Waals surface area contributed by atoms with Crippen LogP contribution < -0.4 is 19.9 Å². The van der Waals surface area contributed by atoms with E-state index in [1.165, 1.54) is 0 Å². The zero-order valence-electron chi connectivity index (χ0n) is 9.66. The molecule has 0 aromatic heterocycles. The van der Waals surface area contributed by atoms with Gasteiger partial charge in [-0.15, -0.1) is 0 Å². The van der Waals surface area contributed by atoms with Gasteiger partial charge in [-0.3, -0.25) is 0 Å². The van der Waals surface area contributed by atoms with E-state index in [-0.39, 0.29) is 0 Å². The van der Waals surface area contributed by atoms with Crippen LogP contribution in [-0.4, -0.2) is 27.4 Å². The van der Waals surface area contributed by atoms with Gasteiger partial charge in [-0.1, -0.05) is 6.07 Å². The minimum atomic E-state index is 0.351. The summed E-state index contributed by atoms with van der Waals surface area (Å²) in [7, 11) is 3.24. The van der Waals surface area contributed by atoms with Crippen LogP contribution in [0.1, 0.15) is 17.9 Å². The third-order valence-corrected chi connectivity index (χ3v) is 2.97. The minimum absolute atomic E-state index is 0.351. The highest BCUT2D eigenvalue weighted by Gasteiger charge is 2.25. The average Bonchev–Trinajstić information content (AvgIpc) is 2.36. The Bertz CT molecular complexity index is 379. The summed E-state index contributed by atoms with van der Waals surface area (Å²) < 4.78 is 16.2. The van der Waals surface area contributed by atoms with E-state index in [0.717, 1.165) is 17.7 Å². The molecule has 0 bridgehead atoms. The summed E-state index contributed by atoms with van der Waals surface area (Å²) in [6.45, 7) is 1.31. The van der Waals surface area contributed by atoms with E-state index in [9.17, 15) is 0 Å². The minimum Gasteiger partial charge on any atom is -0.493 e. The Morgan fingerprint density at radius 2 is 2.19 bits per heavy atom. The van der Waals surface area contributed by atoms with Gasteiger partial charge in [0, 0.05) is 11.5 Å². The van der Waals surface area contributed by atoms with Crippen molar-refractivity contribution in [3.05, 3.63) is 17.7 Å². The highest BCUT2D eigenvalue weighted by atomic mass is 16.5. The van der Waals surface area contributed by atoms with E-state index < -0.39 is 0 Å². The van der Waals surface area contributed by atoms with Crippen LogP contribution in [0.15, 0.2) is 12.1 Å². The summed E-state index contributed by atoms with van der Waals surface area (Å²) in [5.41, 5.74) is 6.87. The van der Waals surface area contributed by atoms with Gasteiger partial charge in [0.1, 0.15) is 0 Å². The van der Waals surface area contributed by atoms with Gasteiger partial charge >= 0.3 is 0 Å². The molecule has 1 aromatic rings. The highest BCUT2D eigenvalue weighted by Crippen LogP contribution is 2.45. The van der Waals surface area contributed by atoms with Crippen molar-refractivity contribution in [1.29, 1.82) is 0 Å². The van der Waals surface area contributed by atoms with Crippen molar-refractivity contribution in [2.45, 2.75) is 12.3 Å². The molecule has 1 unspecified atom stereocenters. The molecule has 4 nitrogen and oxygen atoms in total. The van der Waals surface area contributed by atoms with Gasteiger partial charge in [0.2, 0.25) is 5.75 Å². The number of rotatable bonds is 3. The van der Waals surface area contributed by atoms with Crippen LogP contribution in [0, 0.1) is 0 Å². The van der Waals surface area contributed by atoms with Crippen molar-refractivity contribution in [3.8, 4) is 17.2 Å². The first-order chi connectivity index (χ1) is 7.81. The third kappa shape index (κ3) is 1.69. The summed E-state index contributed by atoms with van der Waals surface area (Å²) in [4.78, 5) is 0. The molecule has 1 aliphatic rings. The summed E-state index contributed by atoms with van der Waals surface area (Å²) in [6.07, 6.45) is 0.957. The van der Waals surface area contributed by atoms with E-state index in [1.807, 2.05) is 12.1 Å². The summed E-state index contributed by atoms with van der Waals surface area (Å²) in [6, 6.07) is 3.91. The highest BCUT2D eigenvalue weighted by molar-refractivity contribution is 5.57. The first-order valence-corrected chi connectivity index (χ1v) is 5.39. The molecule has 2 rings (SSSR count). The molecule has 0 saturated carbocycles. The third-order valence-electron chi connectivity index (χ3n) is 2.97. The Hall–Kier alpha value is -1.42. The largest absolute Gasteiger partial charge is 0.493 e. The second-order valence-electron chi connectivity index (χ2n) is 3.79. The summed E-state index contributed by atoms with van der Waals surface area (Å²) >= 11 is 0.